The Bertz CT molecular complexity index is 867. The number of fused-ring (bicyclic) bond motifs is 1. The number of carbonyl (C=O) groups excluding carboxylic acids is 2. The molecule has 1 aliphatic rings. The van der Waals surface area contributed by atoms with Gasteiger partial charge in [0, 0.05) is 26.7 Å². The lowest BCUT2D eigenvalue weighted by Crippen LogP contribution is -2.45. The zero-order valence-electron chi connectivity index (χ0n) is 15.4. The number of nitrogens with one attached hydrogen (secondary N) is 1. The lowest BCUT2D eigenvalue weighted by Gasteiger charge is -2.26. The number of rotatable bonds is 6. The zero-order valence-corrected chi connectivity index (χ0v) is 16.1. The van der Waals surface area contributed by atoms with Gasteiger partial charge in [0.05, 0.1) is 11.6 Å². The second-order valence-corrected chi connectivity index (χ2v) is 6.81. The molecule has 0 saturated carbocycles. The first-order valence-electron chi connectivity index (χ1n) is 8.46. The number of carbonyl (C=O) groups is 2. The van der Waals surface area contributed by atoms with Gasteiger partial charge in [0.1, 0.15) is 11.7 Å². The molecule has 0 aliphatic carbocycles. The molecule has 144 valence electrons. The van der Waals surface area contributed by atoms with E-state index in [2.05, 4.69) is 10.4 Å². The fourth-order valence-corrected chi connectivity index (χ4v) is 3.14. The van der Waals surface area contributed by atoms with Crippen LogP contribution in [0.4, 0.5) is 0 Å². The van der Waals surface area contributed by atoms with E-state index in [0.717, 1.165) is 5.56 Å². The van der Waals surface area contributed by atoms with Gasteiger partial charge in [-0.15, -0.1) is 0 Å². The number of aryl methyl sites for hydroxylation is 1. The topological polar surface area (TPSA) is 85.7 Å². The minimum atomic E-state index is -0.668. The van der Waals surface area contributed by atoms with Gasteiger partial charge in [-0.25, -0.2) is 0 Å². The van der Waals surface area contributed by atoms with Crippen molar-refractivity contribution >= 4 is 23.4 Å². The third-order valence-electron chi connectivity index (χ3n) is 4.11. The average molecular weight is 393 g/mol. The van der Waals surface area contributed by atoms with Crippen LogP contribution in [0.3, 0.4) is 0 Å². The van der Waals surface area contributed by atoms with Crippen molar-refractivity contribution in [3.8, 4) is 11.5 Å². The molecule has 0 spiro atoms. The molecule has 1 unspecified atom stereocenters. The first kappa shape index (κ1) is 19.0. The van der Waals surface area contributed by atoms with Crippen LogP contribution in [0.25, 0.3) is 0 Å². The maximum Gasteiger partial charge on any atom is 0.245 e. The van der Waals surface area contributed by atoms with Crippen LogP contribution in [-0.4, -0.2) is 39.3 Å². The summed E-state index contributed by atoms with van der Waals surface area (Å²) in [7, 11) is 1.76. The van der Waals surface area contributed by atoms with E-state index in [0.29, 0.717) is 28.8 Å². The fourth-order valence-electron chi connectivity index (χ4n) is 2.91. The maximum absolute atomic E-state index is 12.9. The van der Waals surface area contributed by atoms with Crippen molar-refractivity contribution in [3.63, 3.8) is 0 Å². The summed E-state index contributed by atoms with van der Waals surface area (Å²) in [5, 5.41) is 7.41. The van der Waals surface area contributed by atoms with E-state index in [-0.39, 0.29) is 25.2 Å². The maximum atomic E-state index is 12.9. The Morgan fingerprint density at radius 2 is 2.07 bits per heavy atom. The minimum absolute atomic E-state index is 0.185. The second kappa shape index (κ2) is 7.87. The lowest BCUT2D eigenvalue weighted by molar-refractivity contribution is -0.136. The van der Waals surface area contributed by atoms with Crippen molar-refractivity contribution in [2.75, 3.05) is 6.79 Å². The summed E-state index contributed by atoms with van der Waals surface area (Å²) in [6.45, 7) is 3.74. The van der Waals surface area contributed by atoms with E-state index in [1.165, 1.54) is 6.92 Å². The normalized spacial score (nSPS) is 13.3. The molecule has 0 fully saturated rings. The Morgan fingerprint density at radius 3 is 2.74 bits per heavy atom. The van der Waals surface area contributed by atoms with Crippen LogP contribution in [0.5, 0.6) is 11.5 Å². The molecule has 9 heteroatoms. The summed E-state index contributed by atoms with van der Waals surface area (Å²) in [6, 6.07) is 4.85. The molecule has 1 atom stereocenters. The average Bonchev–Trinajstić information content (AvgIpc) is 3.18. The SMILES string of the molecule is CC(=O)NC(C)C(=O)N(Cc1ccc2c(c1)OCO2)Cc1nn(C)cc1Cl. The highest BCUT2D eigenvalue weighted by molar-refractivity contribution is 6.31. The fraction of sp³-hybridized carbons (Fsp3) is 0.389. The van der Waals surface area contributed by atoms with E-state index in [9.17, 15) is 9.59 Å². The molecule has 1 aromatic carbocycles. The quantitative estimate of drug-likeness (QED) is 0.810. The highest BCUT2D eigenvalue weighted by Gasteiger charge is 2.24. The van der Waals surface area contributed by atoms with Gasteiger partial charge in [0.15, 0.2) is 11.5 Å². The molecule has 8 nitrogen and oxygen atoms in total. The molecule has 1 N–H and O–H groups in total. The predicted molar refractivity (Wildman–Crippen MR) is 98.3 cm³/mol. The van der Waals surface area contributed by atoms with Crippen LogP contribution >= 0.6 is 11.6 Å². The summed E-state index contributed by atoms with van der Waals surface area (Å²) in [5.74, 6) is 0.820. The van der Waals surface area contributed by atoms with Crippen molar-refractivity contribution in [2.45, 2.75) is 33.0 Å². The molecule has 0 saturated heterocycles. The van der Waals surface area contributed by atoms with E-state index < -0.39 is 6.04 Å². The Balaban J connectivity index is 1.83. The first-order valence-corrected chi connectivity index (χ1v) is 8.83. The molecule has 0 radical (unpaired) electrons. The van der Waals surface area contributed by atoms with Crippen molar-refractivity contribution in [2.24, 2.45) is 7.05 Å². The number of hydrogen-bond acceptors (Lipinski definition) is 5. The van der Waals surface area contributed by atoms with Crippen molar-refractivity contribution in [1.82, 2.24) is 20.0 Å². The van der Waals surface area contributed by atoms with Crippen LogP contribution < -0.4 is 14.8 Å². The monoisotopic (exact) mass is 392 g/mol. The van der Waals surface area contributed by atoms with Crippen molar-refractivity contribution in [3.05, 3.63) is 40.7 Å². The summed E-state index contributed by atoms with van der Waals surface area (Å²) < 4.78 is 12.3. The molecule has 2 heterocycles. The minimum Gasteiger partial charge on any atom is -0.454 e. The standard InChI is InChI=1S/C18H21ClN4O4/c1-11(20-12(2)24)18(25)23(9-15-14(19)8-22(3)21-15)7-13-4-5-16-17(6-13)27-10-26-16/h4-6,8,11H,7,9-10H2,1-3H3,(H,20,24). The molecule has 0 bridgehead atoms. The van der Waals surface area contributed by atoms with Crippen LogP contribution in [0.1, 0.15) is 25.1 Å². The third kappa shape index (κ3) is 4.51. The smallest absolute Gasteiger partial charge is 0.245 e. The molecule has 2 aromatic rings. The van der Waals surface area contributed by atoms with Crippen LogP contribution in [-0.2, 0) is 29.7 Å². The molecular weight excluding hydrogens is 372 g/mol. The molecule has 3 rings (SSSR count). The van der Waals surface area contributed by atoms with Crippen molar-refractivity contribution < 1.29 is 19.1 Å². The van der Waals surface area contributed by atoms with Gasteiger partial charge >= 0.3 is 0 Å². The Labute approximate surface area is 162 Å². The molecule has 27 heavy (non-hydrogen) atoms. The largest absolute Gasteiger partial charge is 0.454 e. The van der Waals surface area contributed by atoms with Gasteiger partial charge in [-0.1, -0.05) is 17.7 Å². The molecular formula is C18H21ClN4O4. The number of amides is 2. The van der Waals surface area contributed by atoms with Gasteiger partial charge in [-0.05, 0) is 24.6 Å². The summed E-state index contributed by atoms with van der Waals surface area (Å²) in [6.07, 6.45) is 1.68. The van der Waals surface area contributed by atoms with Crippen LogP contribution in [0.2, 0.25) is 5.02 Å². The highest BCUT2D eigenvalue weighted by atomic mass is 35.5. The lowest BCUT2D eigenvalue weighted by atomic mass is 10.1. The van der Waals surface area contributed by atoms with E-state index in [4.69, 9.17) is 21.1 Å². The van der Waals surface area contributed by atoms with Gasteiger partial charge in [0.25, 0.3) is 0 Å². The highest BCUT2D eigenvalue weighted by Crippen LogP contribution is 2.33. The first-order chi connectivity index (χ1) is 12.8. The Hall–Kier alpha value is -2.74. The van der Waals surface area contributed by atoms with E-state index in [1.807, 2.05) is 18.2 Å². The van der Waals surface area contributed by atoms with Gasteiger partial charge < -0.3 is 19.7 Å². The summed E-state index contributed by atoms with van der Waals surface area (Å²) in [4.78, 5) is 25.9. The van der Waals surface area contributed by atoms with E-state index >= 15 is 0 Å². The van der Waals surface area contributed by atoms with Crippen molar-refractivity contribution in [1.29, 1.82) is 0 Å². The number of benzene rings is 1. The summed E-state index contributed by atoms with van der Waals surface area (Å²) >= 11 is 6.21. The van der Waals surface area contributed by atoms with E-state index in [1.54, 1.807) is 29.7 Å². The third-order valence-corrected chi connectivity index (χ3v) is 4.42. The van der Waals surface area contributed by atoms with Gasteiger partial charge in [-0.2, -0.15) is 5.10 Å². The second-order valence-electron chi connectivity index (χ2n) is 6.40. The zero-order chi connectivity index (χ0) is 19.6. The van der Waals surface area contributed by atoms with Gasteiger partial charge in [-0.3, -0.25) is 14.3 Å². The predicted octanol–water partition coefficient (Wildman–Crippen LogP) is 1.86. The number of aromatic nitrogens is 2. The summed E-state index contributed by atoms with van der Waals surface area (Å²) in [5.41, 5.74) is 1.46. The number of nitrogens with zero attached hydrogens (tertiary/aromatic N) is 3. The van der Waals surface area contributed by atoms with Gasteiger partial charge in [0.2, 0.25) is 18.6 Å². The molecule has 1 aromatic heterocycles. The van der Waals surface area contributed by atoms with Crippen LogP contribution in [0.15, 0.2) is 24.4 Å². The number of ether oxygens (including phenoxy) is 2. The number of halogens is 1. The Morgan fingerprint density at radius 1 is 1.33 bits per heavy atom. The molecule has 1 aliphatic heterocycles. The Kier molecular flexibility index (Phi) is 5.55. The van der Waals surface area contributed by atoms with Crippen LogP contribution in [0, 0.1) is 0 Å². The molecule has 2 amide bonds. The number of hydrogen-bond donors (Lipinski definition) is 1.